The molecule has 90 valence electrons. The topological polar surface area (TPSA) is 35.5 Å². The lowest BCUT2D eigenvalue weighted by molar-refractivity contribution is 0.121. The molecule has 1 aromatic heterocycles. The SMILES string of the molecule is CN(Cc1ccsc1)CC(O)CNC1CC1. The predicted molar refractivity (Wildman–Crippen MR) is 67.7 cm³/mol. The zero-order valence-corrected chi connectivity index (χ0v) is 10.5. The van der Waals surface area contributed by atoms with Gasteiger partial charge in [0.15, 0.2) is 0 Å². The summed E-state index contributed by atoms with van der Waals surface area (Å²) in [6.07, 6.45) is 2.29. The molecule has 0 spiro atoms. The Balaban J connectivity index is 1.63. The molecule has 1 unspecified atom stereocenters. The van der Waals surface area contributed by atoms with Crippen LogP contribution >= 0.6 is 11.3 Å². The van der Waals surface area contributed by atoms with Gasteiger partial charge in [-0.05, 0) is 42.3 Å². The molecule has 1 aliphatic carbocycles. The maximum absolute atomic E-state index is 9.82. The minimum atomic E-state index is -0.260. The fraction of sp³-hybridized carbons (Fsp3) is 0.667. The third kappa shape index (κ3) is 4.22. The van der Waals surface area contributed by atoms with Crippen molar-refractivity contribution < 1.29 is 5.11 Å². The largest absolute Gasteiger partial charge is 0.390 e. The molecule has 0 bridgehead atoms. The maximum atomic E-state index is 9.82. The quantitative estimate of drug-likeness (QED) is 0.754. The molecule has 1 atom stereocenters. The Labute approximate surface area is 101 Å². The highest BCUT2D eigenvalue weighted by molar-refractivity contribution is 7.07. The third-order valence-corrected chi connectivity index (χ3v) is 3.51. The molecule has 1 aliphatic rings. The average molecular weight is 240 g/mol. The molecule has 4 heteroatoms. The van der Waals surface area contributed by atoms with E-state index in [4.69, 9.17) is 0 Å². The molecule has 2 N–H and O–H groups in total. The average Bonchev–Trinajstić information content (AvgIpc) is 2.94. The fourth-order valence-corrected chi connectivity index (χ4v) is 2.43. The van der Waals surface area contributed by atoms with Gasteiger partial charge >= 0.3 is 0 Å². The van der Waals surface area contributed by atoms with Crippen LogP contribution in [0.2, 0.25) is 0 Å². The lowest BCUT2D eigenvalue weighted by atomic mass is 10.3. The summed E-state index contributed by atoms with van der Waals surface area (Å²) in [5, 5.41) is 17.4. The first kappa shape index (κ1) is 12.0. The van der Waals surface area contributed by atoms with Crippen molar-refractivity contribution in [2.24, 2.45) is 0 Å². The molecule has 2 rings (SSSR count). The highest BCUT2D eigenvalue weighted by Gasteiger charge is 2.21. The molecule has 0 saturated heterocycles. The number of aliphatic hydroxyl groups excluding tert-OH is 1. The van der Waals surface area contributed by atoms with E-state index in [9.17, 15) is 5.11 Å². The first-order valence-corrected chi connectivity index (χ1v) is 6.79. The number of aliphatic hydroxyl groups is 1. The monoisotopic (exact) mass is 240 g/mol. The van der Waals surface area contributed by atoms with Crippen LogP contribution in [0.25, 0.3) is 0 Å². The number of thiophene rings is 1. The molecule has 0 amide bonds. The lowest BCUT2D eigenvalue weighted by Gasteiger charge is -2.20. The lowest BCUT2D eigenvalue weighted by Crippen LogP contribution is -2.37. The number of hydrogen-bond acceptors (Lipinski definition) is 4. The number of rotatable bonds is 7. The van der Waals surface area contributed by atoms with Gasteiger partial charge < -0.3 is 10.4 Å². The third-order valence-electron chi connectivity index (χ3n) is 2.77. The first-order chi connectivity index (χ1) is 7.74. The molecule has 3 nitrogen and oxygen atoms in total. The molecule has 1 fully saturated rings. The van der Waals surface area contributed by atoms with Crippen LogP contribution in [0.4, 0.5) is 0 Å². The normalized spacial score (nSPS) is 17.9. The zero-order chi connectivity index (χ0) is 11.4. The van der Waals surface area contributed by atoms with Crippen LogP contribution in [0.3, 0.4) is 0 Å². The van der Waals surface area contributed by atoms with Crippen LogP contribution in [-0.2, 0) is 6.54 Å². The van der Waals surface area contributed by atoms with Crippen molar-refractivity contribution >= 4 is 11.3 Å². The van der Waals surface area contributed by atoms with Gasteiger partial charge in [-0.2, -0.15) is 11.3 Å². The molecule has 1 aromatic rings. The zero-order valence-electron chi connectivity index (χ0n) is 9.72. The van der Waals surface area contributed by atoms with E-state index in [1.165, 1.54) is 18.4 Å². The second-order valence-corrected chi connectivity index (χ2v) is 5.44. The van der Waals surface area contributed by atoms with E-state index in [-0.39, 0.29) is 6.10 Å². The summed E-state index contributed by atoms with van der Waals surface area (Å²) in [4.78, 5) is 2.17. The van der Waals surface area contributed by atoms with E-state index in [0.717, 1.165) is 19.6 Å². The smallest absolute Gasteiger partial charge is 0.0791 e. The molecule has 1 saturated carbocycles. The Morgan fingerprint density at radius 2 is 2.44 bits per heavy atom. The molecule has 0 aromatic carbocycles. The summed E-state index contributed by atoms with van der Waals surface area (Å²) in [6, 6.07) is 2.81. The van der Waals surface area contributed by atoms with Crippen molar-refractivity contribution in [2.75, 3.05) is 20.1 Å². The molecule has 0 radical (unpaired) electrons. The predicted octanol–water partition coefficient (Wildman–Crippen LogP) is 1.29. The van der Waals surface area contributed by atoms with Crippen molar-refractivity contribution in [3.05, 3.63) is 22.4 Å². The minimum absolute atomic E-state index is 0.260. The van der Waals surface area contributed by atoms with Crippen molar-refractivity contribution in [2.45, 2.75) is 31.5 Å². The summed E-state index contributed by atoms with van der Waals surface area (Å²) >= 11 is 1.72. The fourth-order valence-electron chi connectivity index (χ4n) is 1.77. The summed E-state index contributed by atoms with van der Waals surface area (Å²) in [6.45, 7) is 2.37. The summed E-state index contributed by atoms with van der Waals surface area (Å²) in [5.74, 6) is 0. The highest BCUT2D eigenvalue weighted by atomic mass is 32.1. The van der Waals surface area contributed by atoms with Crippen molar-refractivity contribution in [1.82, 2.24) is 10.2 Å². The number of nitrogens with zero attached hydrogens (tertiary/aromatic N) is 1. The Hall–Kier alpha value is -0.420. The second-order valence-electron chi connectivity index (χ2n) is 4.66. The van der Waals surface area contributed by atoms with Crippen LogP contribution in [0.5, 0.6) is 0 Å². The van der Waals surface area contributed by atoms with Gasteiger partial charge in [0.2, 0.25) is 0 Å². The van der Waals surface area contributed by atoms with Gasteiger partial charge in [0, 0.05) is 25.7 Å². The minimum Gasteiger partial charge on any atom is -0.390 e. The standard InChI is InChI=1S/C12H20N2OS/c1-14(7-10-4-5-16-9-10)8-12(15)6-13-11-2-3-11/h4-5,9,11-13,15H,2-3,6-8H2,1H3. The van der Waals surface area contributed by atoms with Crippen LogP contribution in [0.1, 0.15) is 18.4 Å². The Morgan fingerprint density at radius 1 is 1.62 bits per heavy atom. The van der Waals surface area contributed by atoms with Gasteiger partial charge in [0.1, 0.15) is 0 Å². The Bertz CT molecular complexity index is 298. The van der Waals surface area contributed by atoms with Crippen LogP contribution in [0.15, 0.2) is 16.8 Å². The molecule has 16 heavy (non-hydrogen) atoms. The van der Waals surface area contributed by atoms with Crippen molar-refractivity contribution in [3.8, 4) is 0 Å². The van der Waals surface area contributed by atoms with E-state index in [0.29, 0.717) is 6.04 Å². The number of likely N-dealkylation sites (N-methyl/N-ethyl adjacent to an activating group) is 1. The molecule has 0 aliphatic heterocycles. The van der Waals surface area contributed by atoms with Crippen LogP contribution in [-0.4, -0.2) is 42.3 Å². The highest BCUT2D eigenvalue weighted by Crippen LogP contribution is 2.18. The van der Waals surface area contributed by atoms with E-state index >= 15 is 0 Å². The van der Waals surface area contributed by atoms with Gasteiger partial charge in [0.05, 0.1) is 6.10 Å². The van der Waals surface area contributed by atoms with E-state index in [1.54, 1.807) is 11.3 Å². The molecular weight excluding hydrogens is 220 g/mol. The van der Waals surface area contributed by atoms with Gasteiger partial charge in [0.25, 0.3) is 0 Å². The number of hydrogen-bond donors (Lipinski definition) is 2. The van der Waals surface area contributed by atoms with Gasteiger partial charge in [-0.25, -0.2) is 0 Å². The molecule has 1 heterocycles. The Kier molecular flexibility index (Phi) is 4.35. The van der Waals surface area contributed by atoms with Crippen molar-refractivity contribution in [1.29, 1.82) is 0 Å². The van der Waals surface area contributed by atoms with Gasteiger partial charge in [-0.15, -0.1) is 0 Å². The van der Waals surface area contributed by atoms with Crippen LogP contribution < -0.4 is 5.32 Å². The number of nitrogens with one attached hydrogen (secondary N) is 1. The van der Waals surface area contributed by atoms with E-state index < -0.39 is 0 Å². The van der Waals surface area contributed by atoms with Gasteiger partial charge in [-0.1, -0.05) is 0 Å². The summed E-state index contributed by atoms with van der Waals surface area (Å²) in [7, 11) is 2.05. The molecular formula is C12H20N2OS. The Morgan fingerprint density at radius 3 is 3.06 bits per heavy atom. The second kappa shape index (κ2) is 5.77. The maximum Gasteiger partial charge on any atom is 0.0791 e. The van der Waals surface area contributed by atoms with Gasteiger partial charge in [-0.3, -0.25) is 4.90 Å². The van der Waals surface area contributed by atoms with Crippen LogP contribution in [0, 0.1) is 0 Å². The summed E-state index contributed by atoms with van der Waals surface area (Å²) in [5.41, 5.74) is 1.33. The van der Waals surface area contributed by atoms with Crippen molar-refractivity contribution in [3.63, 3.8) is 0 Å². The first-order valence-electron chi connectivity index (χ1n) is 5.85. The summed E-state index contributed by atoms with van der Waals surface area (Å²) < 4.78 is 0. The van der Waals surface area contributed by atoms with E-state index in [1.807, 2.05) is 0 Å². The van der Waals surface area contributed by atoms with E-state index in [2.05, 4.69) is 34.1 Å².